The molecule has 2 saturated heterocycles. The van der Waals surface area contributed by atoms with E-state index in [2.05, 4.69) is 27.2 Å². The summed E-state index contributed by atoms with van der Waals surface area (Å²) in [5, 5.41) is 5.30. The summed E-state index contributed by atoms with van der Waals surface area (Å²) in [5.74, 6) is 0.473. The molecule has 0 spiro atoms. The first-order valence-corrected chi connectivity index (χ1v) is 11.4. The zero-order valence-corrected chi connectivity index (χ0v) is 18.0. The standard InChI is InChI=1S/C25H33N3O2/c1-19(24(29)26-23-12-8-10-20-9-4-5-11-22(20)23)27-17-13-21(14-18-27)25(30)28-15-6-2-3-7-16-28/h4-5,8-12,19,21H,2-3,6-7,13-18H2,1H3,(H,26,29)/t19-/m0/s1. The molecule has 2 aliphatic heterocycles. The van der Waals surface area contributed by atoms with Crippen molar-refractivity contribution in [3.05, 3.63) is 42.5 Å². The van der Waals surface area contributed by atoms with Crippen molar-refractivity contribution in [1.29, 1.82) is 0 Å². The average molecular weight is 408 g/mol. The first-order chi connectivity index (χ1) is 14.6. The van der Waals surface area contributed by atoms with Gasteiger partial charge in [0.25, 0.3) is 0 Å². The monoisotopic (exact) mass is 407 g/mol. The molecule has 0 saturated carbocycles. The highest BCUT2D eigenvalue weighted by molar-refractivity contribution is 6.03. The molecule has 5 heteroatoms. The summed E-state index contributed by atoms with van der Waals surface area (Å²) in [7, 11) is 0. The van der Waals surface area contributed by atoms with E-state index in [0.29, 0.717) is 5.91 Å². The van der Waals surface area contributed by atoms with Crippen LogP contribution in [-0.4, -0.2) is 53.8 Å². The molecule has 0 bridgehead atoms. The minimum Gasteiger partial charge on any atom is -0.342 e. The first kappa shape index (κ1) is 20.9. The summed E-state index contributed by atoms with van der Waals surface area (Å²) in [4.78, 5) is 30.1. The van der Waals surface area contributed by atoms with Crippen LogP contribution in [0.4, 0.5) is 5.69 Å². The van der Waals surface area contributed by atoms with Gasteiger partial charge in [0.2, 0.25) is 11.8 Å². The van der Waals surface area contributed by atoms with Crippen LogP contribution in [-0.2, 0) is 9.59 Å². The Kier molecular flexibility index (Phi) is 6.68. The molecule has 30 heavy (non-hydrogen) atoms. The molecular weight excluding hydrogens is 374 g/mol. The molecule has 2 heterocycles. The van der Waals surface area contributed by atoms with Crippen LogP contribution >= 0.6 is 0 Å². The number of anilines is 1. The maximum Gasteiger partial charge on any atom is 0.241 e. The minimum absolute atomic E-state index is 0.0173. The van der Waals surface area contributed by atoms with Crippen molar-refractivity contribution in [2.24, 2.45) is 5.92 Å². The van der Waals surface area contributed by atoms with E-state index in [0.717, 1.165) is 68.3 Å². The van der Waals surface area contributed by atoms with Gasteiger partial charge >= 0.3 is 0 Å². The number of hydrogen-bond acceptors (Lipinski definition) is 3. The Morgan fingerprint density at radius 2 is 1.57 bits per heavy atom. The summed E-state index contributed by atoms with van der Waals surface area (Å²) in [5.41, 5.74) is 0.858. The first-order valence-electron chi connectivity index (χ1n) is 11.4. The lowest BCUT2D eigenvalue weighted by Crippen LogP contribution is -2.48. The summed E-state index contributed by atoms with van der Waals surface area (Å²) in [6.45, 7) is 5.41. The lowest BCUT2D eigenvalue weighted by Gasteiger charge is -2.36. The Morgan fingerprint density at radius 1 is 0.900 bits per heavy atom. The predicted molar refractivity (Wildman–Crippen MR) is 121 cm³/mol. The van der Waals surface area contributed by atoms with E-state index < -0.39 is 0 Å². The van der Waals surface area contributed by atoms with Crippen molar-refractivity contribution in [3.63, 3.8) is 0 Å². The van der Waals surface area contributed by atoms with Gasteiger partial charge in [-0.25, -0.2) is 0 Å². The summed E-state index contributed by atoms with van der Waals surface area (Å²) < 4.78 is 0. The lowest BCUT2D eigenvalue weighted by atomic mass is 9.94. The van der Waals surface area contributed by atoms with E-state index in [1.807, 2.05) is 37.3 Å². The number of piperidine rings is 1. The second-order valence-electron chi connectivity index (χ2n) is 8.74. The Hall–Kier alpha value is -2.40. The number of amides is 2. The molecule has 0 radical (unpaired) electrons. The minimum atomic E-state index is -0.210. The highest BCUT2D eigenvalue weighted by Gasteiger charge is 2.32. The summed E-state index contributed by atoms with van der Waals surface area (Å²) in [6, 6.07) is 13.9. The molecule has 2 aliphatic rings. The van der Waals surface area contributed by atoms with E-state index in [1.165, 1.54) is 12.8 Å². The van der Waals surface area contributed by atoms with E-state index in [4.69, 9.17) is 0 Å². The van der Waals surface area contributed by atoms with Crippen molar-refractivity contribution in [2.45, 2.75) is 51.5 Å². The summed E-state index contributed by atoms with van der Waals surface area (Å²) >= 11 is 0. The third-order valence-electron chi connectivity index (χ3n) is 6.77. The molecule has 2 fully saturated rings. The van der Waals surface area contributed by atoms with Crippen LogP contribution in [0.25, 0.3) is 10.8 Å². The van der Waals surface area contributed by atoms with Crippen LogP contribution < -0.4 is 5.32 Å². The maximum absolute atomic E-state index is 12.9. The lowest BCUT2D eigenvalue weighted by molar-refractivity contribution is -0.137. The van der Waals surface area contributed by atoms with Gasteiger partial charge in [0.05, 0.1) is 6.04 Å². The maximum atomic E-state index is 12.9. The van der Waals surface area contributed by atoms with Crippen molar-refractivity contribution >= 4 is 28.3 Å². The van der Waals surface area contributed by atoms with E-state index in [-0.39, 0.29) is 17.9 Å². The van der Waals surface area contributed by atoms with Crippen LogP contribution in [0.15, 0.2) is 42.5 Å². The van der Waals surface area contributed by atoms with Gasteiger partial charge in [0.15, 0.2) is 0 Å². The number of fused-ring (bicyclic) bond motifs is 1. The number of hydrogen-bond donors (Lipinski definition) is 1. The fourth-order valence-corrected chi connectivity index (χ4v) is 4.82. The van der Waals surface area contributed by atoms with Crippen molar-refractivity contribution in [1.82, 2.24) is 9.80 Å². The topological polar surface area (TPSA) is 52.7 Å². The zero-order valence-electron chi connectivity index (χ0n) is 18.0. The molecule has 5 nitrogen and oxygen atoms in total. The van der Waals surface area contributed by atoms with Crippen molar-refractivity contribution < 1.29 is 9.59 Å². The zero-order chi connectivity index (χ0) is 20.9. The Morgan fingerprint density at radius 3 is 2.30 bits per heavy atom. The van der Waals surface area contributed by atoms with Gasteiger partial charge in [-0.15, -0.1) is 0 Å². The quantitative estimate of drug-likeness (QED) is 0.823. The third-order valence-corrected chi connectivity index (χ3v) is 6.77. The van der Waals surface area contributed by atoms with Gasteiger partial charge in [-0.1, -0.05) is 49.2 Å². The van der Waals surface area contributed by atoms with Crippen molar-refractivity contribution in [2.75, 3.05) is 31.5 Å². The number of benzene rings is 2. The predicted octanol–water partition coefficient (Wildman–Crippen LogP) is 4.28. The van der Waals surface area contributed by atoms with Gasteiger partial charge in [-0.2, -0.15) is 0 Å². The number of nitrogens with one attached hydrogen (secondary N) is 1. The third kappa shape index (κ3) is 4.67. The molecule has 1 atom stereocenters. The fraction of sp³-hybridized carbons (Fsp3) is 0.520. The normalized spacial score (nSPS) is 20.0. The Labute approximate surface area is 179 Å². The number of carbonyl (C=O) groups is 2. The molecule has 2 aromatic rings. The second kappa shape index (κ2) is 9.61. The number of likely N-dealkylation sites (tertiary alicyclic amines) is 2. The summed E-state index contributed by atoms with van der Waals surface area (Å²) in [6.07, 6.45) is 6.45. The number of rotatable bonds is 4. The molecule has 0 aliphatic carbocycles. The number of nitrogens with zero attached hydrogens (tertiary/aromatic N) is 2. The molecule has 160 valence electrons. The molecule has 2 amide bonds. The van der Waals surface area contributed by atoms with Crippen LogP contribution in [0.1, 0.15) is 45.4 Å². The molecule has 0 unspecified atom stereocenters. The van der Waals surface area contributed by atoms with E-state index in [9.17, 15) is 9.59 Å². The molecule has 4 rings (SSSR count). The van der Waals surface area contributed by atoms with Crippen LogP contribution in [0, 0.1) is 5.92 Å². The Bertz CT molecular complexity index is 876. The Balaban J connectivity index is 1.33. The van der Waals surface area contributed by atoms with E-state index >= 15 is 0 Å². The van der Waals surface area contributed by atoms with Crippen LogP contribution in [0.5, 0.6) is 0 Å². The van der Waals surface area contributed by atoms with Gasteiger partial charge in [0, 0.05) is 30.1 Å². The molecule has 2 aromatic carbocycles. The van der Waals surface area contributed by atoms with Gasteiger partial charge in [-0.3, -0.25) is 14.5 Å². The second-order valence-corrected chi connectivity index (χ2v) is 8.74. The average Bonchev–Trinajstić information content (AvgIpc) is 3.08. The van der Waals surface area contributed by atoms with Gasteiger partial charge in [-0.05, 0) is 57.1 Å². The SMILES string of the molecule is C[C@@H](C(=O)Nc1cccc2ccccc12)N1CCC(C(=O)N2CCCCCC2)CC1. The number of carbonyl (C=O) groups excluding carboxylic acids is 2. The van der Waals surface area contributed by atoms with Crippen LogP contribution in [0.3, 0.4) is 0 Å². The largest absolute Gasteiger partial charge is 0.342 e. The smallest absolute Gasteiger partial charge is 0.241 e. The molecule has 0 aromatic heterocycles. The van der Waals surface area contributed by atoms with Gasteiger partial charge < -0.3 is 10.2 Å². The fourth-order valence-electron chi connectivity index (χ4n) is 4.82. The van der Waals surface area contributed by atoms with Crippen molar-refractivity contribution in [3.8, 4) is 0 Å². The highest BCUT2D eigenvalue weighted by atomic mass is 16.2. The van der Waals surface area contributed by atoms with Gasteiger partial charge in [0.1, 0.15) is 0 Å². The molecule has 1 N–H and O–H groups in total. The van der Waals surface area contributed by atoms with Crippen LogP contribution in [0.2, 0.25) is 0 Å². The molecular formula is C25H33N3O2. The van der Waals surface area contributed by atoms with E-state index in [1.54, 1.807) is 0 Å². The highest BCUT2D eigenvalue weighted by Crippen LogP contribution is 2.25.